The minimum Gasteiger partial charge on any atom is -0.451 e. The quantitative estimate of drug-likeness (QED) is 0.573. The van der Waals surface area contributed by atoms with Crippen LogP contribution >= 0.6 is 23.4 Å². The lowest BCUT2D eigenvalue weighted by molar-refractivity contribution is -0.122. The summed E-state index contributed by atoms with van der Waals surface area (Å²) in [6.07, 6.45) is 1.65. The summed E-state index contributed by atoms with van der Waals surface area (Å²) >= 11 is 6.74. The molecular formula is C22H17ClN2O4S. The van der Waals surface area contributed by atoms with E-state index in [0.717, 1.165) is 33.2 Å². The molecule has 0 saturated carbocycles. The Kier molecular flexibility index (Phi) is 5.65. The lowest BCUT2D eigenvalue weighted by Gasteiger charge is -2.12. The number of carbonyl (C=O) groups is 3. The first-order chi connectivity index (χ1) is 14.4. The Balaban J connectivity index is 1.39. The Morgan fingerprint density at radius 3 is 2.63 bits per heavy atom. The second-order valence-corrected chi connectivity index (χ2v) is 8.12. The van der Waals surface area contributed by atoms with Gasteiger partial charge in [0, 0.05) is 29.1 Å². The molecule has 0 radical (unpaired) electrons. The van der Waals surface area contributed by atoms with Crippen LogP contribution in [-0.2, 0) is 4.79 Å². The maximum absolute atomic E-state index is 12.6. The fraction of sp³-hybridized carbons (Fsp3) is 0.136. The second kappa shape index (κ2) is 8.38. The van der Waals surface area contributed by atoms with Crippen molar-refractivity contribution in [3.63, 3.8) is 0 Å². The Labute approximate surface area is 181 Å². The van der Waals surface area contributed by atoms with Gasteiger partial charge in [-0.05, 0) is 48.5 Å². The molecule has 2 aromatic carbocycles. The summed E-state index contributed by atoms with van der Waals surface area (Å²) in [7, 11) is 0. The van der Waals surface area contributed by atoms with Crippen molar-refractivity contribution in [2.24, 2.45) is 0 Å². The predicted octanol–water partition coefficient (Wildman–Crippen LogP) is 4.86. The van der Waals surface area contributed by atoms with Crippen molar-refractivity contribution in [2.75, 3.05) is 13.1 Å². The van der Waals surface area contributed by atoms with Crippen LogP contribution in [-0.4, -0.2) is 35.0 Å². The Morgan fingerprint density at radius 2 is 1.90 bits per heavy atom. The molecule has 1 aromatic heterocycles. The molecule has 0 unspecified atom stereocenters. The number of thioether (sulfide) groups is 1. The molecule has 1 N–H and O–H groups in total. The molecule has 4 rings (SSSR count). The Bertz CT molecular complexity index is 1180. The SMILES string of the molecule is Cc1c(C(=O)NCCN2C(=O)S/C(=C\c3ccc(Cl)cc3)C2=O)oc2ccccc12. The highest BCUT2D eigenvalue weighted by atomic mass is 35.5. The van der Waals surface area contributed by atoms with Gasteiger partial charge in [-0.1, -0.05) is 41.9 Å². The zero-order chi connectivity index (χ0) is 21.3. The molecule has 1 aliphatic rings. The molecule has 0 aliphatic carbocycles. The summed E-state index contributed by atoms with van der Waals surface area (Å²) in [6, 6.07) is 14.4. The second-order valence-electron chi connectivity index (χ2n) is 6.69. The lowest BCUT2D eigenvalue weighted by Crippen LogP contribution is -2.37. The van der Waals surface area contributed by atoms with Crippen molar-refractivity contribution in [2.45, 2.75) is 6.92 Å². The van der Waals surface area contributed by atoms with Crippen LogP contribution < -0.4 is 5.32 Å². The summed E-state index contributed by atoms with van der Waals surface area (Å²) < 4.78 is 5.64. The molecule has 3 aromatic rings. The van der Waals surface area contributed by atoms with E-state index >= 15 is 0 Å². The molecule has 152 valence electrons. The maximum Gasteiger partial charge on any atom is 0.293 e. The number of hydrogen-bond donors (Lipinski definition) is 1. The number of aryl methyl sites for hydroxylation is 1. The van der Waals surface area contributed by atoms with Gasteiger partial charge in [-0.15, -0.1) is 0 Å². The number of imide groups is 1. The molecule has 0 atom stereocenters. The molecule has 30 heavy (non-hydrogen) atoms. The van der Waals surface area contributed by atoms with E-state index in [1.807, 2.05) is 25.1 Å². The average Bonchev–Trinajstić information content (AvgIpc) is 3.21. The van der Waals surface area contributed by atoms with Gasteiger partial charge in [0.15, 0.2) is 5.76 Å². The van der Waals surface area contributed by atoms with Gasteiger partial charge in [0.05, 0.1) is 4.91 Å². The predicted molar refractivity (Wildman–Crippen MR) is 117 cm³/mol. The number of nitrogens with one attached hydrogen (secondary N) is 1. The summed E-state index contributed by atoms with van der Waals surface area (Å²) in [5.41, 5.74) is 2.16. The van der Waals surface area contributed by atoms with Crippen LogP contribution in [0.25, 0.3) is 17.0 Å². The first kappa shape index (κ1) is 20.3. The van der Waals surface area contributed by atoms with Gasteiger partial charge < -0.3 is 9.73 Å². The molecule has 0 spiro atoms. The van der Waals surface area contributed by atoms with Gasteiger partial charge in [-0.2, -0.15) is 0 Å². The van der Waals surface area contributed by atoms with Crippen LogP contribution in [0.2, 0.25) is 5.02 Å². The largest absolute Gasteiger partial charge is 0.451 e. The van der Waals surface area contributed by atoms with E-state index in [4.69, 9.17) is 16.0 Å². The van der Waals surface area contributed by atoms with Crippen molar-refractivity contribution in [1.82, 2.24) is 10.2 Å². The summed E-state index contributed by atoms with van der Waals surface area (Å²) in [5, 5.41) is 3.82. The van der Waals surface area contributed by atoms with Crippen LogP contribution in [0.15, 0.2) is 57.9 Å². The Morgan fingerprint density at radius 1 is 1.17 bits per heavy atom. The third-order valence-electron chi connectivity index (χ3n) is 4.71. The van der Waals surface area contributed by atoms with E-state index in [2.05, 4.69) is 5.32 Å². The van der Waals surface area contributed by atoms with Crippen LogP contribution in [0.1, 0.15) is 21.7 Å². The fourth-order valence-electron chi connectivity index (χ4n) is 3.16. The number of fused-ring (bicyclic) bond motifs is 1. The lowest BCUT2D eigenvalue weighted by atomic mass is 10.1. The highest BCUT2D eigenvalue weighted by Gasteiger charge is 2.34. The zero-order valence-corrected chi connectivity index (χ0v) is 17.5. The van der Waals surface area contributed by atoms with Gasteiger partial charge >= 0.3 is 0 Å². The van der Waals surface area contributed by atoms with E-state index in [0.29, 0.717) is 15.5 Å². The first-order valence-corrected chi connectivity index (χ1v) is 10.4. The third kappa shape index (κ3) is 3.99. The monoisotopic (exact) mass is 440 g/mol. The van der Waals surface area contributed by atoms with Crippen LogP contribution in [0, 0.1) is 6.92 Å². The number of para-hydroxylation sites is 1. The number of carbonyl (C=O) groups excluding carboxylic acids is 3. The number of benzene rings is 2. The maximum atomic E-state index is 12.6. The zero-order valence-electron chi connectivity index (χ0n) is 16.0. The van der Waals surface area contributed by atoms with Crippen LogP contribution in [0.5, 0.6) is 0 Å². The van der Waals surface area contributed by atoms with Gasteiger partial charge in [-0.3, -0.25) is 19.3 Å². The fourth-order valence-corrected chi connectivity index (χ4v) is 4.15. The molecule has 6 nitrogen and oxygen atoms in total. The summed E-state index contributed by atoms with van der Waals surface area (Å²) in [5.74, 6) is -0.533. The molecule has 0 bridgehead atoms. The number of halogens is 1. The van der Waals surface area contributed by atoms with Gasteiger partial charge in [0.25, 0.3) is 17.1 Å². The molecular weight excluding hydrogens is 424 g/mol. The molecule has 2 heterocycles. The van der Waals surface area contributed by atoms with Crippen molar-refractivity contribution in [3.8, 4) is 0 Å². The number of furan rings is 1. The van der Waals surface area contributed by atoms with Crippen LogP contribution in [0.3, 0.4) is 0 Å². The Hall–Kier alpha value is -3.03. The molecule has 1 fully saturated rings. The molecule has 1 aliphatic heterocycles. The first-order valence-electron chi connectivity index (χ1n) is 9.21. The van der Waals surface area contributed by atoms with Crippen molar-refractivity contribution in [3.05, 3.63) is 75.3 Å². The number of rotatable bonds is 5. The molecule has 8 heteroatoms. The summed E-state index contributed by atoms with van der Waals surface area (Å²) in [4.78, 5) is 38.7. The molecule has 1 saturated heterocycles. The van der Waals surface area contributed by atoms with E-state index < -0.39 is 0 Å². The van der Waals surface area contributed by atoms with Gasteiger partial charge in [-0.25, -0.2) is 0 Å². The van der Waals surface area contributed by atoms with E-state index in [1.54, 1.807) is 36.4 Å². The van der Waals surface area contributed by atoms with Crippen molar-refractivity contribution >= 4 is 57.5 Å². The standard InChI is InChI=1S/C22H17ClN2O4S/c1-13-16-4-2-3-5-17(16)29-19(13)20(26)24-10-11-25-21(27)18(30-22(25)28)12-14-6-8-15(23)9-7-14/h2-9,12H,10-11H2,1H3,(H,24,26)/b18-12-. The van der Waals surface area contributed by atoms with E-state index in [1.165, 1.54) is 0 Å². The van der Waals surface area contributed by atoms with E-state index in [9.17, 15) is 14.4 Å². The molecule has 3 amide bonds. The van der Waals surface area contributed by atoms with Crippen molar-refractivity contribution < 1.29 is 18.8 Å². The van der Waals surface area contributed by atoms with Crippen LogP contribution in [0.4, 0.5) is 4.79 Å². The number of hydrogen-bond acceptors (Lipinski definition) is 5. The highest BCUT2D eigenvalue weighted by Crippen LogP contribution is 2.32. The van der Waals surface area contributed by atoms with Crippen molar-refractivity contribution in [1.29, 1.82) is 0 Å². The summed E-state index contributed by atoms with van der Waals surface area (Å²) in [6.45, 7) is 2.02. The third-order valence-corrected chi connectivity index (χ3v) is 5.87. The normalized spacial score (nSPS) is 15.4. The smallest absolute Gasteiger partial charge is 0.293 e. The highest BCUT2D eigenvalue weighted by molar-refractivity contribution is 8.18. The van der Waals surface area contributed by atoms with Gasteiger partial charge in [0.2, 0.25) is 0 Å². The topological polar surface area (TPSA) is 79.6 Å². The van der Waals surface area contributed by atoms with Gasteiger partial charge in [0.1, 0.15) is 5.58 Å². The van der Waals surface area contributed by atoms with E-state index in [-0.39, 0.29) is 35.9 Å². The minimum atomic E-state index is -0.382. The minimum absolute atomic E-state index is 0.0770. The number of nitrogens with zero attached hydrogens (tertiary/aromatic N) is 1. The average molecular weight is 441 g/mol. The number of amides is 3.